The molecule has 1 aromatic rings. The zero-order chi connectivity index (χ0) is 13.3. The van der Waals surface area contributed by atoms with Gasteiger partial charge >= 0.3 is 5.97 Å². The van der Waals surface area contributed by atoms with Crippen LogP contribution in [0.15, 0.2) is 18.2 Å². The average Bonchev–Trinajstić information content (AvgIpc) is 2.67. The van der Waals surface area contributed by atoms with Crippen molar-refractivity contribution in [3.8, 4) is 5.75 Å². The maximum absolute atomic E-state index is 11.5. The number of rotatable bonds is 3. The number of benzene rings is 1. The third-order valence-corrected chi connectivity index (χ3v) is 3.48. The Morgan fingerprint density at radius 1 is 1.44 bits per heavy atom. The van der Waals surface area contributed by atoms with Crippen LogP contribution in [0.2, 0.25) is 0 Å². The molecule has 2 N–H and O–H groups in total. The minimum Gasteiger partial charge on any atom is -0.496 e. The number of aromatic carboxylic acids is 1. The summed E-state index contributed by atoms with van der Waals surface area (Å²) < 4.78 is 4.92. The maximum Gasteiger partial charge on any atom is 0.339 e. The summed E-state index contributed by atoms with van der Waals surface area (Å²) in [6.45, 7) is 0. The van der Waals surface area contributed by atoms with E-state index in [-0.39, 0.29) is 11.3 Å². The van der Waals surface area contributed by atoms with Gasteiger partial charge in [-0.3, -0.25) is 14.9 Å². The first kappa shape index (κ1) is 12.4. The van der Waals surface area contributed by atoms with Crippen molar-refractivity contribution in [2.45, 2.75) is 5.25 Å². The third kappa shape index (κ3) is 2.17. The third-order valence-electron chi connectivity index (χ3n) is 2.44. The van der Waals surface area contributed by atoms with Crippen LogP contribution in [-0.2, 0) is 4.79 Å². The van der Waals surface area contributed by atoms with Gasteiger partial charge in [0.15, 0.2) is 0 Å². The van der Waals surface area contributed by atoms with Crippen molar-refractivity contribution in [3.63, 3.8) is 0 Å². The number of carbonyl (C=O) groups is 3. The van der Waals surface area contributed by atoms with E-state index < -0.39 is 22.4 Å². The fourth-order valence-corrected chi connectivity index (χ4v) is 2.45. The molecule has 0 aromatic heterocycles. The van der Waals surface area contributed by atoms with Crippen molar-refractivity contribution in [1.82, 2.24) is 5.32 Å². The number of ether oxygens (including phenoxy) is 1. The number of nitrogens with one attached hydrogen (secondary N) is 1. The van der Waals surface area contributed by atoms with Gasteiger partial charge in [0.05, 0.1) is 7.11 Å². The molecule has 2 rings (SSSR count). The van der Waals surface area contributed by atoms with Crippen molar-refractivity contribution >= 4 is 28.9 Å². The minimum absolute atomic E-state index is 0.0391. The highest BCUT2D eigenvalue weighted by atomic mass is 32.2. The largest absolute Gasteiger partial charge is 0.496 e. The highest BCUT2D eigenvalue weighted by Gasteiger charge is 2.33. The number of carboxylic acid groups (broad SMARTS) is 1. The summed E-state index contributed by atoms with van der Waals surface area (Å²) in [5.41, 5.74) is 0.421. The van der Waals surface area contributed by atoms with Crippen molar-refractivity contribution in [1.29, 1.82) is 0 Å². The summed E-state index contributed by atoms with van der Waals surface area (Å²) in [5, 5.41) is 10.0. The Bertz CT molecular complexity index is 542. The van der Waals surface area contributed by atoms with E-state index in [0.29, 0.717) is 5.56 Å². The lowest BCUT2D eigenvalue weighted by atomic mass is 10.1. The Morgan fingerprint density at radius 3 is 2.67 bits per heavy atom. The van der Waals surface area contributed by atoms with Crippen molar-refractivity contribution in [2.24, 2.45) is 0 Å². The number of thioether (sulfide) groups is 1. The van der Waals surface area contributed by atoms with Crippen LogP contribution in [0.3, 0.4) is 0 Å². The number of hydrogen-bond acceptors (Lipinski definition) is 5. The van der Waals surface area contributed by atoms with Gasteiger partial charge in [-0.1, -0.05) is 6.07 Å². The van der Waals surface area contributed by atoms with E-state index in [1.54, 1.807) is 6.07 Å². The number of carbonyl (C=O) groups excluding carboxylic acids is 2. The first-order chi connectivity index (χ1) is 8.52. The monoisotopic (exact) mass is 267 g/mol. The molecule has 1 aliphatic rings. The van der Waals surface area contributed by atoms with E-state index in [9.17, 15) is 14.4 Å². The van der Waals surface area contributed by atoms with Gasteiger partial charge < -0.3 is 9.84 Å². The molecule has 0 radical (unpaired) electrons. The molecule has 1 saturated heterocycles. The van der Waals surface area contributed by atoms with Crippen molar-refractivity contribution in [2.75, 3.05) is 7.11 Å². The standard InChI is InChI=1S/C11H9NO5S/c1-17-7-3-2-5(4-6(7)10(14)15)8-9(13)12-11(16)18-8/h2-4,8H,1H3,(H,14,15)(H,12,13,16). The van der Waals surface area contributed by atoms with Gasteiger partial charge in [-0.15, -0.1) is 0 Å². The SMILES string of the molecule is COc1ccc(C2SC(=O)NC2=O)cc1C(=O)O. The zero-order valence-electron chi connectivity index (χ0n) is 9.30. The van der Waals surface area contributed by atoms with Gasteiger partial charge in [0, 0.05) is 0 Å². The summed E-state index contributed by atoms with van der Waals surface area (Å²) in [4.78, 5) is 33.6. The number of amides is 2. The van der Waals surface area contributed by atoms with Crippen LogP contribution in [-0.4, -0.2) is 29.3 Å². The molecule has 0 spiro atoms. The first-order valence-corrected chi connectivity index (χ1v) is 5.83. The Kier molecular flexibility index (Phi) is 3.24. The average molecular weight is 267 g/mol. The van der Waals surface area contributed by atoms with Gasteiger partial charge in [0.1, 0.15) is 16.6 Å². The summed E-state index contributed by atoms with van der Waals surface area (Å²) in [7, 11) is 1.36. The van der Waals surface area contributed by atoms with E-state index in [1.165, 1.54) is 19.2 Å². The highest BCUT2D eigenvalue weighted by Crippen LogP contribution is 2.36. The molecule has 0 saturated carbocycles. The predicted molar refractivity (Wildman–Crippen MR) is 63.8 cm³/mol. The lowest BCUT2D eigenvalue weighted by Gasteiger charge is -2.09. The molecule has 1 atom stereocenters. The predicted octanol–water partition coefficient (Wildman–Crippen LogP) is 1.42. The Balaban J connectivity index is 2.41. The Labute approximate surface area is 106 Å². The molecule has 1 fully saturated rings. The second-order valence-electron chi connectivity index (χ2n) is 3.54. The molecule has 2 amide bonds. The van der Waals surface area contributed by atoms with Gasteiger partial charge in [0.2, 0.25) is 5.91 Å². The molecular formula is C11H9NO5S. The van der Waals surface area contributed by atoms with E-state index in [1.807, 2.05) is 0 Å². The van der Waals surface area contributed by atoms with Gasteiger partial charge in [-0.05, 0) is 29.5 Å². The van der Waals surface area contributed by atoms with Crippen LogP contribution >= 0.6 is 11.8 Å². The smallest absolute Gasteiger partial charge is 0.339 e. The maximum atomic E-state index is 11.5. The van der Waals surface area contributed by atoms with Crippen LogP contribution < -0.4 is 10.1 Å². The van der Waals surface area contributed by atoms with Crippen LogP contribution in [0.25, 0.3) is 0 Å². The number of hydrogen-bond donors (Lipinski definition) is 2. The molecule has 7 heteroatoms. The molecule has 1 aromatic carbocycles. The molecular weight excluding hydrogens is 258 g/mol. The lowest BCUT2D eigenvalue weighted by molar-refractivity contribution is -0.119. The fourth-order valence-electron chi connectivity index (χ4n) is 1.63. The van der Waals surface area contributed by atoms with Crippen molar-refractivity contribution in [3.05, 3.63) is 29.3 Å². The Morgan fingerprint density at radius 2 is 2.17 bits per heavy atom. The normalized spacial score (nSPS) is 18.6. The van der Waals surface area contributed by atoms with Gasteiger partial charge in [0.25, 0.3) is 5.24 Å². The summed E-state index contributed by atoms with van der Waals surface area (Å²) in [6, 6.07) is 4.38. The van der Waals surface area contributed by atoms with Gasteiger partial charge in [-0.2, -0.15) is 0 Å². The summed E-state index contributed by atoms with van der Waals surface area (Å²) in [6.07, 6.45) is 0. The van der Waals surface area contributed by atoms with Gasteiger partial charge in [-0.25, -0.2) is 4.79 Å². The van der Waals surface area contributed by atoms with E-state index in [4.69, 9.17) is 9.84 Å². The summed E-state index contributed by atoms with van der Waals surface area (Å²) in [5.74, 6) is -1.38. The van der Waals surface area contributed by atoms with E-state index >= 15 is 0 Å². The topological polar surface area (TPSA) is 92.7 Å². The second-order valence-corrected chi connectivity index (χ2v) is 4.62. The van der Waals surface area contributed by atoms with Crippen LogP contribution in [0.4, 0.5) is 4.79 Å². The molecule has 1 heterocycles. The quantitative estimate of drug-likeness (QED) is 0.860. The number of methoxy groups -OCH3 is 1. The molecule has 0 bridgehead atoms. The molecule has 1 unspecified atom stereocenters. The number of imide groups is 1. The molecule has 6 nitrogen and oxygen atoms in total. The van der Waals surface area contributed by atoms with Crippen LogP contribution in [0.1, 0.15) is 21.2 Å². The molecule has 94 valence electrons. The minimum atomic E-state index is -1.15. The first-order valence-electron chi connectivity index (χ1n) is 4.95. The fraction of sp³-hybridized carbons (Fsp3) is 0.182. The van der Waals surface area contributed by atoms with E-state index in [0.717, 1.165) is 11.8 Å². The van der Waals surface area contributed by atoms with Crippen LogP contribution in [0.5, 0.6) is 5.75 Å². The second kappa shape index (κ2) is 4.69. The van der Waals surface area contributed by atoms with Crippen molar-refractivity contribution < 1.29 is 24.2 Å². The highest BCUT2D eigenvalue weighted by molar-refractivity contribution is 8.15. The Hall–Kier alpha value is -2.02. The number of carboxylic acids is 1. The zero-order valence-corrected chi connectivity index (χ0v) is 10.1. The molecule has 1 aliphatic heterocycles. The molecule has 18 heavy (non-hydrogen) atoms. The lowest BCUT2D eigenvalue weighted by Crippen LogP contribution is -2.20. The molecule has 0 aliphatic carbocycles. The van der Waals surface area contributed by atoms with E-state index in [2.05, 4.69) is 5.32 Å². The van der Waals surface area contributed by atoms with Crippen LogP contribution in [0, 0.1) is 0 Å². The summed E-state index contributed by atoms with van der Waals surface area (Å²) >= 11 is 0.827.